The zero-order valence-corrected chi connectivity index (χ0v) is 11.8. The second-order valence-electron chi connectivity index (χ2n) is 4.29. The average molecular weight is 280 g/mol. The van der Waals surface area contributed by atoms with Gasteiger partial charge in [0.25, 0.3) is 0 Å². The Labute approximate surface area is 118 Å². The van der Waals surface area contributed by atoms with Crippen LogP contribution in [0.4, 0.5) is 0 Å². The van der Waals surface area contributed by atoms with Gasteiger partial charge in [-0.3, -0.25) is 9.59 Å². The second kappa shape index (κ2) is 8.32. The maximum Gasteiger partial charge on any atom is 0.305 e. The van der Waals surface area contributed by atoms with Gasteiger partial charge in [-0.1, -0.05) is 0 Å². The van der Waals surface area contributed by atoms with Gasteiger partial charge in [0.05, 0.1) is 19.8 Å². The Balaban J connectivity index is 2.51. The molecule has 0 unspecified atom stereocenters. The maximum absolute atomic E-state index is 11.2. The molecule has 20 heavy (non-hydrogen) atoms. The van der Waals surface area contributed by atoms with Crippen LogP contribution in [0.3, 0.4) is 0 Å². The van der Waals surface area contributed by atoms with E-state index in [1.807, 2.05) is 0 Å². The Morgan fingerprint density at radius 3 is 2.65 bits per heavy atom. The van der Waals surface area contributed by atoms with Crippen molar-refractivity contribution in [2.24, 2.45) is 0 Å². The molecule has 0 saturated heterocycles. The summed E-state index contributed by atoms with van der Waals surface area (Å²) in [6.45, 7) is 3.76. The average Bonchev–Trinajstić information content (AvgIpc) is 2.43. The van der Waals surface area contributed by atoms with Crippen molar-refractivity contribution in [1.82, 2.24) is 0 Å². The van der Waals surface area contributed by atoms with E-state index in [9.17, 15) is 14.7 Å². The molecule has 0 fully saturated rings. The molecular formula is C15H20O5. The fraction of sp³-hybridized carbons (Fsp3) is 0.467. The van der Waals surface area contributed by atoms with E-state index < -0.39 is 0 Å². The number of hydrogen-bond acceptors (Lipinski definition) is 5. The minimum absolute atomic E-state index is 0.0615. The van der Waals surface area contributed by atoms with Crippen molar-refractivity contribution in [3.8, 4) is 5.75 Å². The molecule has 0 amide bonds. The lowest BCUT2D eigenvalue weighted by atomic mass is 10.1. The normalized spacial score (nSPS) is 10.2. The van der Waals surface area contributed by atoms with E-state index in [2.05, 4.69) is 0 Å². The minimum atomic E-state index is -0.245. The van der Waals surface area contributed by atoms with Crippen molar-refractivity contribution >= 4 is 11.8 Å². The van der Waals surface area contributed by atoms with Gasteiger partial charge in [-0.05, 0) is 38.5 Å². The van der Waals surface area contributed by atoms with Gasteiger partial charge >= 0.3 is 5.97 Å². The number of aliphatic hydroxyl groups is 1. The van der Waals surface area contributed by atoms with Crippen LogP contribution in [0.5, 0.6) is 5.75 Å². The molecule has 0 aliphatic rings. The number of benzene rings is 1. The number of hydrogen-bond donors (Lipinski definition) is 1. The van der Waals surface area contributed by atoms with Crippen LogP contribution in [0.25, 0.3) is 0 Å². The molecule has 0 bridgehead atoms. The lowest BCUT2D eigenvalue weighted by Crippen LogP contribution is -2.07. The van der Waals surface area contributed by atoms with E-state index in [0.29, 0.717) is 42.9 Å². The van der Waals surface area contributed by atoms with Crippen molar-refractivity contribution in [3.63, 3.8) is 0 Å². The topological polar surface area (TPSA) is 72.8 Å². The number of rotatable bonds is 8. The van der Waals surface area contributed by atoms with E-state index in [1.54, 1.807) is 25.1 Å². The predicted octanol–water partition coefficient (Wildman–Crippen LogP) is 2.10. The highest BCUT2D eigenvalue weighted by molar-refractivity contribution is 5.94. The smallest absolute Gasteiger partial charge is 0.305 e. The van der Waals surface area contributed by atoms with Gasteiger partial charge in [-0.25, -0.2) is 0 Å². The van der Waals surface area contributed by atoms with Crippen LogP contribution in [0, 0.1) is 0 Å². The van der Waals surface area contributed by atoms with E-state index in [-0.39, 0.29) is 18.4 Å². The Bertz CT molecular complexity index is 467. The molecule has 110 valence electrons. The van der Waals surface area contributed by atoms with Crippen LogP contribution < -0.4 is 4.74 Å². The summed E-state index contributed by atoms with van der Waals surface area (Å²) in [5.74, 6) is 0.223. The van der Waals surface area contributed by atoms with Crippen LogP contribution in [-0.4, -0.2) is 30.1 Å². The minimum Gasteiger partial charge on any atom is -0.493 e. The maximum atomic E-state index is 11.2. The Morgan fingerprint density at radius 1 is 1.30 bits per heavy atom. The van der Waals surface area contributed by atoms with E-state index in [1.165, 1.54) is 6.92 Å². The number of esters is 1. The van der Waals surface area contributed by atoms with Crippen molar-refractivity contribution in [2.75, 3.05) is 13.2 Å². The van der Waals surface area contributed by atoms with Gasteiger partial charge in [0, 0.05) is 17.5 Å². The molecule has 1 aromatic carbocycles. The number of carbonyl (C=O) groups is 2. The summed E-state index contributed by atoms with van der Waals surface area (Å²) in [7, 11) is 0. The molecule has 0 saturated carbocycles. The van der Waals surface area contributed by atoms with E-state index in [4.69, 9.17) is 9.47 Å². The van der Waals surface area contributed by atoms with Crippen LogP contribution in [0.15, 0.2) is 18.2 Å². The number of carbonyl (C=O) groups excluding carboxylic acids is 2. The molecule has 0 heterocycles. The van der Waals surface area contributed by atoms with Gasteiger partial charge in [0.15, 0.2) is 5.78 Å². The highest BCUT2D eigenvalue weighted by atomic mass is 16.5. The zero-order chi connectivity index (χ0) is 15.0. The van der Waals surface area contributed by atoms with Crippen molar-refractivity contribution in [1.29, 1.82) is 0 Å². The summed E-state index contributed by atoms with van der Waals surface area (Å²) in [6, 6.07) is 4.93. The summed E-state index contributed by atoms with van der Waals surface area (Å²) in [6.07, 6.45) is 0.839. The van der Waals surface area contributed by atoms with Gasteiger partial charge in [0.1, 0.15) is 5.75 Å². The van der Waals surface area contributed by atoms with E-state index in [0.717, 1.165) is 0 Å². The number of aliphatic hydroxyl groups excluding tert-OH is 1. The first-order chi connectivity index (χ1) is 9.58. The first kappa shape index (κ1) is 16.2. The van der Waals surface area contributed by atoms with E-state index >= 15 is 0 Å². The van der Waals surface area contributed by atoms with Crippen LogP contribution in [-0.2, 0) is 16.1 Å². The zero-order valence-electron chi connectivity index (χ0n) is 11.8. The first-order valence-electron chi connectivity index (χ1n) is 6.61. The third kappa shape index (κ3) is 5.01. The van der Waals surface area contributed by atoms with Gasteiger partial charge in [-0.15, -0.1) is 0 Å². The molecule has 0 aliphatic heterocycles. The lowest BCUT2D eigenvalue weighted by molar-refractivity contribution is -0.143. The monoisotopic (exact) mass is 280 g/mol. The summed E-state index contributed by atoms with van der Waals surface area (Å²) in [5, 5.41) is 9.27. The van der Waals surface area contributed by atoms with Gasteiger partial charge in [0.2, 0.25) is 0 Å². The molecule has 0 radical (unpaired) electrons. The van der Waals surface area contributed by atoms with Crippen molar-refractivity contribution in [2.45, 2.75) is 33.3 Å². The summed E-state index contributed by atoms with van der Waals surface area (Å²) in [5.41, 5.74) is 1.10. The molecule has 0 aromatic heterocycles. The Hall–Kier alpha value is -1.88. The fourth-order valence-corrected chi connectivity index (χ4v) is 1.69. The Kier molecular flexibility index (Phi) is 6.73. The van der Waals surface area contributed by atoms with Crippen molar-refractivity contribution in [3.05, 3.63) is 29.3 Å². The molecule has 1 rings (SSSR count). The molecule has 5 nitrogen and oxygen atoms in total. The second-order valence-corrected chi connectivity index (χ2v) is 4.29. The first-order valence-corrected chi connectivity index (χ1v) is 6.61. The number of Topliss-reactive ketones (excluding diaryl/α,β-unsaturated/α-hetero) is 1. The highest BCUT2D eigenvalue weighted by Gasteiger charge is 2.08. The van der Waals surface area contributed by atoms with Gasteiger partial charge < -0.3 is 14.6 Å². The SMILES string of the molecule is CCOC(=O)CCCOc1ccc(C(C)=O)cc1CO. The quantitative estimate of drug-likeness (QED) is 0.448. The summed E-state index contributed by atoms with van der Waals surface area (Å²) < 4.78 is 10.3. The number of ketones is 1. The largest absolute Gasteiger partial charge is 0.493 e. The third-order valence-corrected chi connectivity index (χ3v) is 2.73. The van der Waals surface area contributed by atoms with Crippen LogP contribution in [0.1, 0.15) is 42.6 Å². The molecule has 0 atom stereocenters. The molecule has 0 spiro atoms. The third-order valence-electron chi connectivity index (χ3n) is 2.73. The standard InChI is InChI=1S/C15H20O5/c1-3-19-15(18)5-4-8-20-14-7-6-12(11(2)17)9-13(14)10-16/h6-7,9,16H,3-5,8,10H2,1-2H3. The fourth-order valence-electron chi connectivity index (χ4n) is 1.69. The number of ether oxygens (including phenoxy) is 2. The summed E-state index contributed by atoms with van der Waals surface area (Å²) in [4.78, 5) is 22.4. The lowest BCUT2D eigenvalue weighted by Gasteiger charge is -2.11. The summed E-state index contributed by atoms with van der Waals surface area (Å²) >= 11 is 0. The van der Waals surface area contributed by atoms with Crippen molar-refractivity contribution < 1.29 is 24.2 Å². The van der Waals surface area contributed by atoms with Crippen LogP contribution >= 0.6 is 0 Å². The molecular weight excluding hydrogens is 260 g/mol. The highest BCUT2D eigenvalue weighted by Crippen LogP contribution is 2.21. The van der Waals surface area contributed by atoms with Crippen LogP contribution in [0.2, 0.25) is 0 Å². The molecule has 0 aliphatic carbocycles. The molecule has 1 aromatic rings. The van der Waals surface area contributed by atoms with Gasteiger partial charge in [-0.2, -0.15) is 0 Å². The molecule has 1 N–H and O–H groups in total. The Morgan fingerprint density at radius 2 is 2.05 bits per heavy atom. The molecule has 5 heteroatoms. The predicted molar refractivity (Wildman–Crippen MR) is 73.7 cm³/mol.